The first-order chi connectivity index (χ1) is 12.4. The minimum Gasteiger partial charge on any atom is -0.456 e. The molecule has 9 nitrogen and oxygen atoms in total. The van der Waals surface area contributed by atoms with E-state index in [0.29, 0.717) is 17.7 Å². The van der Waals surface area contributed by atoms with Crippen LogP contribution in [-0.2, 0) is 25.7 Å². The molecular formula is C15H12ClN3O6S. The first-order valence-corrected chi connectivity index (χ1v) is 8.80. The van der Waals surface area contributed by atoms with Gasteiger partial charge in [-0.05, 0) is 17.7 Å². The molecule has 0 bridgehead atoms. The zero-order chi connectivity index (χ0) is 18.8. The summed E-state index contributed by atoms with van der Waals surface area (Å²) in [6, 6.07) is 4.86. The SMILES string of the molecule is O=CN[C@@H]1C(=O)N2C(C(=O)OCc3ccc([N+](=O)[O-])cc3)=C(Cl)CS[C@@H]12. The van der Waals surface area contributed by atoms with Gasteiger partial charge in [0.25, 0.3) is 11.6 Å². The topological polar surface area (TPSA) is 119 Å². The average molecular weight is 398 g/mol. The maximum Gasteiger partial charge on any atom is 0.356 e. The Labute approximate surface area is 156 Å². The van der Waals surface area contributed by atoms with E-state index in [4.69, 9.17) is 16.3 Å². The number of esters is 1. The van der Waals surface area contributed by atoms with Crippen molar-refractivity contribution in [2.24, 2.45) is 0 Å². The van der Waals surface area contributed by atoms with E-state index in [-0.39, 0.29) is 23.0 Å². The fourth-order valence-electron chi connectivity index (χ4n) is 2.60. The lowest BCUT2D eigenvalue weighted by Gasteiger charge is -2.48. The van der Waals surface area contributed by atoms with Crippen molar-refractivity contribution in [3.63, 3.8) is 0 Å². The normalized spacial score (nSPS) is 21.6. The Balaban J connectivity index is 1.68. The third kappa shape index (κ3) is 3.25. The van der Waals surface area contributed by atoms with Crippen molar-refractivity contribution >= 4 is 47.3 Å². The van der Waals surface area contributed by atoms with Crippen LogP contribution in [0, 0.1) is 10.1 Å². The fraction of sp³-hybridized carbons (Fsp3) is 0.267. The molecule has 1 saturated heterocycles. The predicted molar refractivity (Wildman–Crippen MR) is 91.9 cm³/mol. The second kappa shape index (κ2) is 7.34. The molecule has 1 aromatic carbocycles. The highest BCUT2D eigenvalue weighted by Crippen LogP contribution is 2.41. The third-order valence-electron chi connectivity index (χ3n) is 3.88. The van der Waals surface area contributed by atoms with Crippen LogP contribution in [0.15, 0.2) is 35.0 Å². The molecule has 1 fully saturated rings. The average Bonchev–Trinajstić information content (AvgIpc) is 2.64. The van der Waals surface area contributed by atoms with Crippen molar-refractivity contribution in [2.45, 2.75) is 18.0 Å². The molecule has 0 radical (unpaired) electrons. The Morgan fingerprint density at radius 2 is 2.15 bits per heavy atom. The summed E-state index contributed by atoms with van der Waals surface area (Å²) in [4.78, 5) is 46.4. The van der Waals surface area contributed by atoms with Crippen LogP contribution in [0.5, 0.6) is 0 Å². The smallest absolute Gasteiger partial charge is 0.356 e. The van der Waals surface area contributed by atoms with E-state index >= 15 is 0 Å². The number of carbonyl (C=O) groups excluding carboxylic acids is 3. The molecule has 2 amide bonds. The monoisotopic (exact) mass is 397 g/mol. The Kier molecular flexibility index (Phi) is 5.14. The molecule has 2 heterocycles. The minimum absolute atomic E-state index is 0.0359. The molecule has 136 valence electrons. The van der Waals surface area contributed by atoms with Crippen molar-refractivity contribution in [1.82, 2.24) is 10.2 Å². The van der Waals surface area contributed by atoms with Crippen LogP contribution in [0.3, 0.4) is 0 Å². The summed E-state index contributed by atoms with van der Waals surface area (Å²) in [5.41, 5.74) is 0.446. The predicted octanol–water partition coefficient (Wildman–Crippen LogP) is 1.12. The minimum atomic E-state index is -0.767. The van der Waals surface area contributed by atoms with Crippen LogP contribution >= 0.6 is 23.4 Å². The molecule has 1 N–H and O–H groups in total. The molecule has 1 aromatic rings. The molecule has 2 atom stereocenters. The summed E-state index contributed by atoms with van der Waals surface area (Å²) >= 11 is 7.43. The number of carbonyl (C=O) groups is 3. The summed E-state index contributed by atoms with van der Waals surface area (Å²) in [7, 11) is 0. The lowest BCUT2D eigenvalue weighted by atomic mass is 10.1. The largest absolute Gasteiger partial charge is 0.456 e. The van der Waals surface area contributed by atoms with Gasteiger partial charge in [0.05, 0.1) is 9.96 Å². The van der Waals surface area contributed by atoms with Crippen molar-refractivity contribution in [1.29, 1.82) is 0 Å². The number of hydrogen-bond acceptors (Lipinski definition) is 7. The van der Waals surface area contributed by atoms with Crippen LogP contribution in [0.25, 0.3) is 0 Å². The van der Waals surface area contributed by atoms with E-state index in [9.17, 15) is 24.5 Å². The van der Waals surface area contributed by atoms with Gasteiger partial charge in [-0.3, -0.25) is 24.6 Å². The number of halogens is 1. The van der Waals surface area contributed by atoms with Gasteiger partial charge < -0.3 is 10.1 Å². The lowest BCUT2D eigenvalue weighted by Crippen LogP contribution is -2.69. The lowest BCUT2D eigenvalue weighted by molar-refractivity contribution is -0.384. The maximum atomic E-state index is 12.4. The number of β-lactam (4-membered cyclic amide) rings is 1. The summed E-state index contributed by atoms with van der Waals surface area (Å²) in [5.74, 6) is -0.888. The summed E-state index contributed by atoms with van der Waals surface area (Å²) < 4.78 is 5.19. The standard InChI is InChI=1S/C15H12ClN3O6S/c16-10-6-26-14-11(17-7-20)13(21)18(14)12(10)15(22)25-5-8-1-3-9(4-2-8)19(23)24/h1-4,7,11,14H,5-6H2,(H,17,20)/t11-,14+/m1/s1. The number of nitrogens with one attached hydrogen (secondary N) is 1. The van der Waals surface area contributed by atoms with Gasteiger partial charge in [-0.1, -0.05) is 11.6 Å². The summed E-state index contributed by atoms with van der Waals surface area (Å²) in [5, 5.41) is 12.8. The number of non-ortho nitro benzene ring substituents is 1. The molecule has 0 unspecified atom stereocenters. The number of amides is 2. The van der Waals surface area contributed by atoms with E-state index in [1.807, 2.05) is 0 Å². The molecule has 11 heteroatoms. The molecular weight excluding hydrogens is 386 g/mol. The quantitative estimate of drug-likeness (QED) is 0.251. The van der Waals surface area contributed by atoms with Crippen LogP contribution in [0.1, 0.15) is 5.56 Å². The number of thioether (sulfide) groups is 1. The van der Waals surface area contributed by atoms with E-state index in [1.165, 1.54) is 40.9 Å². The number of ether oxygens (including phenoxy) is 1. The molecule has 26 heavy (non-hydrogen) atoms. The molecule has 0 saturated carbocycles. The molecule has 2 aliphatic rings. The van der Waals surface area contributed by atoms with Gasteiger partial charge in [-0.25, -0.2) is 4.79 Å². The highest BCUT2D eigenvalue weighted by atomic mass is 35.5. The second-order valence-electron chi connectivity index (χ2n) is 5.43. The van der Waals surface area contributed by atoms with Crippen LogP contribution in [0.4, 0.5) is 5.69 Å². The number of nitro benzene ring substituents is 1. The van der Waals surface area contributed by atoms with Crippen LogP contribution in [0.2, 0.25) is 0 Å². The summed E-state index contributed by atoms with van der Waals surface area (Å²) in [6.07, 6.45) is 0.437. The van der Waals surface area contributed by atoms with Gasteiger partial charge in [0, 0.05) is 17.9 Å². The van der Waals surface area contributed by atoms with Crippen LogP contribution in [-0.4, -0.2) is 45.3 Å². The fourth-order valence-corrected chi connectivity index (χ4v) is 4.15. The Morgan fingerprint density at radius 3 is 2.77 bits per heavy atom. The highest BCUT2D eigenvalue weighted by molar-refractivity contribution is 8.00. The van der Waals surface area contributed by atoms with Gasteiger partial charge >= 0.3 is 5.97 Å². The molecule has 3 rings (SSSR count). The van der Waals surface area contributed by atoms with E-state index in [2.05, 4.69) is 5.32 Å². The molecule has 2 aliphatic heterocycles. The highest BCUT2D eigenvalue weighted by Gasteiger charge is 2.53. The van der Waals surface area contributed by atoms with Gasteiger partial charge in [0.15, 0.2) is 0 Å². The molecule has 0 aromatic heterocycles. The van der Waals surface area contributed by atoms with Crippen molar-refractivity contribution in [3.8, 4) is 0 Å². The Bertz CT molecular complexity index is 812. The number of rotatable bonds is 6. The van der Waals surface area contributed by atoms with E-state index < -0.39 is 28.2 Å². The van der Waals surface area contributed by atoms with Gasteiger partial charge in [-0.2, -0.15) is 0 Å². The van der Waals surface area contributed by atoms with Crippen LogP contribution < -0.4 is 5.32 Å². The Hall–Kier alpha value is -2.59. The number of hydrogen-bond donors (Lipinski definition) is 1. The van der Waals surface area contributed by atoms with Gasteiger partial charge in [0.2, 0.25) is 6.41 Å². The van der Waals surface area contributed by atoms with Crippen molar-refractivity contribution < 1.29 is 24.0 Å². The molecule has 0 aliphatic carbocycles. The zero-order valence-corrected chi connectivity index (χ0v) is 14.7. The van der Waals surface area contributed by atoms with Gasteiger partial charge in [0.1, 0.15) is 23.7 Å². The van der Waals surface area contributed by atoms with Crippen molar-refractivity contribution in [2.75, 3.05) is 5.75 Å². The number of nitro groups is 1. The Morgan fingerprint density at radius 1 is 1.46 bits per heavy atom. The second-order valence-corrected chi connectivity index (χ2v) is 6.99. The van der Waals surface area contributed by atoms with Crippen molar-refractivity contribution in [3.05, 3.63) is 50.7 Å². The number of fused-ring (bicyclic) bond motifs is 1. The third-order valence-corrected chi connectivity index (χ3v) is 5.63. The maximum absolute atomic E-state index is 12.4. The first kappa shape index (κ1) is 18.2. The first-order valence-electron chi connectivity index (χ1n) is 7.37. The van der Waals surface area contributed by atoms with E-state index in [0.717, 1.165) is 0 Å². The van der Waals surface area contributed by atoms with E-state index in [1.54, 1.807) is 0 Å². The zero-order valence-electron chi connectivity index (χ0n) is 13.1. The number of nitrogens with zero attached hydrogens (tertiary/aromatic N) is 2. The molecule has 0 spiro atoms. The van der Waals surface area contributed by atoms with Gasteiger partial charge in [-0.15, -0.1) is 11.8 Å². The number of benzene rings is 1. The summed E-state index contributed by atoms with van der Waals surface area (Å²) in [6.45, 7) is -0.125.